The van der Waals surface area contributed by atoms with Crippen molar-refractivity contribution in [3.8, 4) is 0 Å². The Balaban J connectivity index is 2.22. The zero-order valence-electron chi connectivity index (χ0n) is 8.83. The van der Waals surface area contributed by atoms with Gasteiger partial charge in [-0.2, -0.15) is 0 Å². The summed E-state index contributed by atoms with van der Waals surface area (Å²) in [6.07, 6.45) is 0. The Morgan fingerprint density at radius 3 is 2.88 bits per heavy atom. The summed E-state index contributed by atoms with van der Waals surface area (Å²) in [7, 11) is 0. The second kappa shape index (κ2) is 5.18. The molecule has 0 unspecified atom stereocenters. The van der Waals surface area contributed by atoms with Crippen LogP contribution in [0.3, 0.4) is 0 Å². The predicted molar refractivity (Wildman–Crippen MR) is 76.1 cm³/mol. The zero-order valence-corrected chi connectivity index (χ0v) is 12.6. The van der Waals surface area contributed by atoms with E-state index in [0.717, 1.165) is 8.04 Å². The molecule has 2 aromatic rings. The maximum Gasteiger partial charge on any atom is 0.258 e. The molecule has 0 atom stereocenters. The first kappa shape index (κ1) is 12.6. The summed E-state index contributed by atoms with van der Waals surface area (Å²) < 4.78 is 6.62. The second-order valence-corrected chi connectivity index (χ2v) is 5.50. The van der Waals surface area contributed by atoms with E-state index < -0.39 is 0 Å². The standard InChI is InChI=1S/C11H8BrIN2O2/c1-6-4-10(15-17-6)14-11(16)8-5-7(13)2-3-9(8)12/h2-5H,1H3,(H,14,15,16). The van der Waals surface area contributed by atoms with Crippen molar-refractivity contribution in [1.82, 2.24) is 5.16 Å². The Morgan fingerprint density at radius 2 is 2.24 bits per heavy atom. The van der Waals surface area contributed by atoms with Crippen LogP contribution in [0.25, 0.3) is 0 Å². The van der Waals surface area contributed by atoms with Gasteiger partial charge < -0.3 is 9.84 Å². The Kier molecular flexibility index (Phi) is 3.82. The summed E-state index contributed by atoms with van der Waals surface area (Å²) in [6, 6.07) is 7.22. The largest absolute Gasteiger partial charge is 0.360 e. The molecule has 0 aliphatic heterocycles. The maximum atomic E-state index is 12.0. The van der Waals surface area contributed by atoms with E-state index >= 15 is 0 Å². The van der Waals surface area contributed by atoms with Crippen molar-refractivity contribution in [1.29, 1.82) is 0 Å². The summed E-state index contributed by atoms with van der Waals surface area (Å²) in [5.41, 5.74) is 0.567. The topological polar surface area (TPSA) is 55.1 Å². The number of hydrogen-bond acceptors (Lipinski definition) is 3. The van der Waals surface area contributed by atoms with Crippen LogP contribution in [-0.2, 0) is 0 Å². The first-order chi connectivity index (χ1) is 8.06. The Bertz CT molecular complexity index is 568. The van der Waals surface area contributed by atoms with E-state index in [0.29, 0.717) is 17.1 Å². The normalized spacial score (nSPS) is 10.3. The average molecular weight is 407 g/mol. The van der Waals surface area contributed by atoms with E-state index in [2.05, 4.69) is 49.0 Å². The Hall–Kier alpha value is -0.890. The molecule has 4 nitrogen and oxygen atoms in total. The molecule has 1 aromatic carbocycles. The van der Waals surface area contributed by atoms with Crippen molar-refractivity contribution in [2.24, 2.45) is 0 Å². The number of anilines is 1. The molecule has 1 amide bonds. The molecule has 0 bridgehead atoms. The maximum absolute atomic E-state index is 12.0. The van der Waals surface area contributed by atoms with Crippen LogP contribution in [0.1, 0.15) is 16.1 Å². The number of amides is 1. The van der Waals surface area contributed by atoms with E-state index in [1.165, 1.54) is 0 Å². The number of nitrogens with zero attached hydrogens (tertiary/aromatic N) is 1. The number of rotatable bonds is 2. The molecule has 0 saturated carbocycles. The van der Waals surface area contributed by atoms with Gasteiger partial charge in [0.05, 0.1) is 5.56 Å². The Morgan fingerprint density at radius 1 is 1.47 bits per heavy atom. The average Bonchev–Trinajstić information content (AvgIpc) is 2.67. The summed E-state index contributed by atoms with van der Waals surface area (Å²) in [5.74, 6) is 0.851. The third kappa shape index (κ3) is 3.06. The van der Waals surface area contributed by atoms with Gasteiger partial charge in [-0.05, 0) is 63.6 Å². The van der Waals surface area contributed by atoms with Gasteiger partial charge >= 0.3 is 0 Å². The molecule has 0 radical (unpaired) electrons. The number of aromatic nitrogens is 1. The summed E-state index contributed by atoms with van der Waals surface area (Å²) >= 11 is 5.50. The SMILES string of the molecule is Cc1cc(NC(=O)c2cc(I)ccc2Br)no1. The van der Waals surface area contributed by atoms with Crippen LogP contribution in [0.4, 0.5) is 5.82 Å². The predicted octanol–water partition coefficient (Wildman–Crippen LogP) is 3.60. The van der Waals surface area contributed by atoms with Gasteiger partial charge in [0.2, 0.25) is 0 Å². The highest BCUT2D eigenvalue weighted by atomic mass is 127. The van der Waals surface area contributed by atoms with Crippen LogP contribution in [0.2, 0.25) is 0 Å². The molecular weight excluding hydrogens is 399 g/mol. The number of hydrogen-bond donors (Lipinski definition) is 1. The van der Waals surface area contributed by atoms with Crippen molar-refractivity contribution in [2.45, 2.75) is 6.92 Å². The minimum absolute atomic E-state index is 0.219. The van der Waals surface area contributed by atoms with Gasteiger partial charge in [0.15, 0.2) is 5.82 Å². The zero-order chi connectivity index (χ0) is 12.4. The number of benzene rings is 1. The van der Waals surface area contributed by atoms with Crippen LogP contribution < -0.4 is 5.32 Å². The summed E-state index contributed by atoms with van der Waals surface area (Å²) in [6.45, 7) is 1.77. The molecule has 0 aliphatic carbocycles. The fraction of sp³-hybridized carbons (Fsp3) is 0.0909. The number of nitrogens with one attached hydrogen (secondary N) is 1. The minimum atomic E-state index is -0.219. The molecule has 0 spiro atoms. The van der Waals surface area contributed by atoms with Gasteiger partial charge in [0, 0.05) is 14.1 Å². The van der Waals surface area contributed by atoms with Crippen LogP contribution in [-0.4, -0.2) is 11.1 Å². The lowest BCUT2D eigenvalue weighted by atomic mass is 10.2. The molecule has 88 valence electrons. The highest BCUT2D eigenvalue weighted by Gasteiger charge is 2.12. The van der Waals surface area contributed by atoms with Gasteiger partial charge in [-0.25, -0.2) is 0 Å². The van der Waals surface area contributed by atoms with Crippen molar-refractivity contribution in [2.75, 3.05) is 5.32 Å². The smallest absolute Gasteiger partial charge is 0.258 e. The lowest BCUT2D eigenvalue weighted by molar-refractivity contribution is 0.102. The first-order valence-corrected chi connectivity index (χ1v) is 6.63. The van der Waals surface area contributed by atoms with E-state index in [-0.39, 0.29) is 5.91 Å². The molecule has 0 saturated heterocycles. The lowest BCUT2D eigenvalue weighted by Gasteiger charge is -2.04. The molecule has 17 heavy (non-hydrogen) atoms. The van der Waals surface area contributed by atoms with Crippen LogP contribution in [0.5, 0.6) is 0 Å². The van der Waals surface area contributed by atoms with E-state index in [1.807, 2.05) is 12.1 Å². The number of carbonyl (C=O) groups excluding carboxylic acids is 1. The fourth-order valence-corrected chi connectivity index (χ4v) is 2.20. The summed E-state index contributed by atoms with van der Waals surface area (Å²) in [4.78, 5) is 12.0. The van der Waals surface area contributed by atoms with Crippen molar-refractivity contribution < 1.29 is 9.32 Å². The van der Waals surface area contributed by atoms with Crippen LogP contribution in [0, 0.1) is 10.5 Å². The Labute approximate surface area is 120 Å². The van der Waals surface area contributed by atoms with Gasteiger partial charge in [-0.1, -0.05) is 5.16 Å². The number of aryl methyl sites for hydroxylation is 1. The third-order valence-electron chi connectivity index (χ3n) is 2.04. The van der Waals surface area contributed by atoms with Gasteiger partial charge in [0.25, 0.3) is 5.91 Å². The first-order valence-electron chi connectivity index (χ1n) is 4.76. The lowest BCUT2D eigenvalue weighted by Crippen LogP contribution is -2.13. The highest BCUT2D eigenvalue weighted by molar-refractivity contribution is 14.1. The molecular formula is C11H8BrIN2O2. The molecule has 2 rings (SSSR count). The van der Waals surface area contributed by atoms with E-state index in [4.69, 9.17) is 4.52 Å². The van der Waals surface area contributed by atoms with Gasteiger partial charge in [-0.3, -0.25) is 4.79 Å². The molecule has 1 aromatic heterocycles. The third-order valence-corrected chi connectivity index (χ3v) is 3.41. The molecule has 6 heteroatoms. The fourth-order valence-electron chi connectivity index (χ4n) is 1.28. The minimum Gasteiger partial charge on any atom is -0.360 e. The molecule has 0 fully saturated rings. The van der Waals surface area contributed by atoms with Gasteiger partial charge in [-0.15, -0.1) is 0 Å². The monoisotopic (exact) mass is 406 g/mol. The van der Waals surface area contributed by atoms with Crippen LogP contribution >= 0.6 is 38.5 Å². The number of halogens is 2. The van der Waals surface area contributed by atoms with Crippen LogP contribution in [0.15, 0.2) is 33.3 Å². The van der Waals surface area contributed by atoms with Gasteiger partial charge in [0.1, 0.15) is 5.76 Å². The molecule has 0 aliphatic rings. The second-order valence-electron chi connectivity index (χ2n) is 3.40. The van der Waals surface area contributed by atoms with Crippen molar-refractivity contribution in [3.63, 3.8) is 0 Å². The quantitative estimate of drug-likeness (QED) is 0.775. The highest BCUT2D eigenvalue weighted by Crippen LogP contribution is 2.20. The summed E-state index contributed by atoms with van der Waals surface area (Å²) in [5, 5.41) is 6.38. The van der Waals surface area contributed by atoms with E-state index in [9.17, 15) is 4.79 Å². The van der Waals surface area contributed by atoms with E-state index in [1.54, 1.807) is 19.1 Å². The molecule has 1 heterocycles. The number of carbonyl (C=O) groups is 1. The van der Waals surface area contributed by atoms with Crippen molar-refractivity contribution in [3.05, 3.63) is 43.6 Å². The van der Waals surface area contributed by atoms with Crippen molar-refractivity contribution >= 4 is 50.2 Å². The molecule has 1 N–H and O–H groups in total.